The molecule has 0 aromatic carbocycles. The maximum Gasteiger partial charge on any atom is -0.0236 e. The van der Waals surface area contributed by atoms with Crippen molar-refractivity contribution in [3.63, 3.8) is 0 Å². The third-order valence-corrected chi connectivity index (χ3v) is 5.21. The zero-order valence-electron chi connectivity index (χ0n) is 9.87. The molecule has 2 aliphatic carbocycles. The van der Waals surface area contributed by atoms with Crippen molar-refractivity contribution in [1.82, 2.24) is 0 Å². The fraction of sp³-hybridized carbons (Fsp3) is 0.857. The van der Waals surface area contributed by atoms with E-state index >= 15 is 0 Å². The maximum absolute atomic E-state index is 3.93. The van der Waals surface area contributed by atoms with Crippen molar-refractivity contribution in [3.05, 3.63) is 12.7 Å². The Labute approximate surface area is 88.8 Å². The van der Waals surface area contributed by atoms with Gasteiger partial charge in [-0.1, -0.05) is 33.3 Å². The lowest BCUT2D eigenvalue weighted by Gasteiger charge is -2.52. The second-order valence-electron chi connectivity index (χ2n) is 5.65. The normalized spacial score (nSPS) is 45.1. The molecular formula is C14H24. The minimum Gasteiger partial charge on any atom is -0.103 e. The van der Waals surface area contributed by atoms with Gasteiger partial charge in [-0.2, -0.15) is 0 Å². The van der Waals surface area contributed by atoms with Gasteiger partial charge in [0.2, 0.25) is 0 Å². The molecule has 2 aliphatic rings. The van der Waals surface area contributed by atoms with Crippen molar-refractivity contribution >= 4 is 0 Å². The van der Waals surface area contributed by atoms with Gasteiger partial charge >= 0.3 is 0 Å². The van der Waals surface area contributed by atoms with E-state index in [4.69, 9.17) is 0 Å². The van der Waals surface area contributed by atoms with Gasteiger partial charge in [-0.25, -0.2) is 0 Å². The molecule has 0 N–H and O–H groups in total. The molecule has 0 aliphatic heterocycles. The molecule has 0 amide bonds. The lowest BCUT2D eigenvalue weighted by Crippen LogP contribution is -2.46. The molecule has 0 aromatic heterocycles. The van der Waals surface area contributed by atoms with Crippen molar-refractivity contribution in [3.8, 4) is 0 Å². The quantitative estimate of drug-likeness (QED) is 0.590. The average molecular weight is 192 g/mol. The standard InChI is InChI=1S/C14H24/c1-5-9(2)10(3)14-11(4)12-7-6-8-13(12)14/h5,9-14H,1,6-8H2,2-4H3. The fourth-order valence-corrected chi connectivity index (χ4v) is 4.11. The van der Waals surface area contributed by atoms with Gasteiger partial charge in [0.25, 0.3) is 0 Å². The first-order chi connectivity index (χ1) is 6.66. The average Bonchev–Trinajstić information content (AvgIpc) is 2.60. The largest absolute Gasteiger partial charge is 0.103 e. The van der Waals surface area contributed by atoms with Crippen LogP contribution < -0.4 is 0 Å². The monoisotopic (exact) mass is 192 g/mol. The molecule has 2 rings (SSSR count). The van der Waals surface area contributed by atoms with Crippen LogP contribution in [0.5, 0.6) is 0 Å². The molecule has 6 unspecified atom stereocenters. The van der Waals surface area contributed by atoms with Crippen LogP contribution in [0.25, 0.3) is 0 Å². The minimum atomic E-state index is 0.698. The van der Waals surface area contributed by atoms with Gasteiger partial charge in [-0.05, 0) is 48.3 Å². The van der Waals surface area contributed by atoms with Gasteiger partial charge < -0.3 is 0 Å². The van der Waals surface area contributed by atoms with Gasteiger partial charge in [-0.3, -0.25) is 0 Å². The maximum atomic E-state index is 3.93. The predicted molar refractivity (Wildman–Crippen MR) is 62.0 cm³/mol. The number of hydrogen-bond acceptors (Lipinski definition) is 0. The summed E-state index contributed by atoms with van der Waals surface area (Å²) in [7, 11) is 0. The van der Waals surface area contributed by atoms with Crippen LogP contribution in [-0.2, 0) is 0 Å². The molecule has 14 heavy (non-hydrogen) atoms. The number of fused-ring (bicyclic) bond motifs is 1. The second-order valence-corrected chi connectivity index (χ2v) is 5.65. The Bertz CT molecular complexity index is 218. The number of hydrogen-bond donors (Lipinski definition) is 0. The van der Waals surface area contributed by atoms with Gasteiger partial charge in [0, 0.05) is 0 Å². The van der Waals surface area contributed by atoms with E-state index in [0.717, 1.165) is 29.6 Å². The molecule has 0 nitrogen and oxygen atoms in total. The molecule has 0 spiro atoms. The molecular weight excluding hydrogens is 168 g/mol. The SMILES string of the molecule is C=CC(C)C(C)C1C(C)C2CCCC21. The van der Waals surface area contributed by atoms with Crippen molar-refractivity contribution in [2.24, 2.45) is 35.5 Å². The van der Waals surface area contributed by atoms with E-state index in [1.54, 1.807) is 0 Å². The first-order valence-electron chi connectivity index (χ1n) is 6.29. The first-order valence-corrected chi connectivity index (χ1v) is 6.29. The summed E-state index contributed by atoms with van der Waals surface area (Å²) in [4.78, 5) is 0. The van der Waals surface area contributed by atoms with Crippen LogP contribution in [0.3, 0.4) is 0 Å². The molecule has 2 saturated carbocycles. The zero-order valence-corrected chi connectivity index (χ0v) is 9.87. The summed E-state index contributed by atoms with van der Waals surface area (Å²) in [5.74, 6) is 5.68. The van der Waals surface area contributed by atoms with E-state index in [0.29, 0.717) is 5.92 Å². The minimum absolute atomic E-state index is 0.698. The first kappa shape index (κ1) is 10.3. The molecule has 0 radical (unpaired) electrons. The van der Waals surface area contributed by atoms with Crippen LogP contribution >= 0.6 is 0 Å². The molecule has 0 bridgehead atoms. The highest BCUT2D eigenvalue weighted by atomic mass is 14.6. The molecule has 0 aromatic rings. The lowest BCUT2D eigenvalue weighted by atomic mass is 9.53. The highest BCUT2D eigenvalue weighted by molar-refractivity contribution is 5.02. The second kappa shape index (κ2) is 3.72. The third-order valence-electron chi connectivity index (χ3n) is 5.21. The smallest absolute Gasteiger partial charge is 0.0236 e. The lowest BCUT2D eigenvalue weighted by molar-refractivity contribution is -0.0325. The Morgan fingerprint density at radius 1 is 1.21 bits per heavy atom. The Morgan fingerprint density at radius 2 is 1.86 bits per heavy atom. The van der Waals surface area contributed by atoms with Crippen molar-refractivity contribution in [2.45, 2.75) is 40.0 Å². The summed E-state index contributed by atoms with van der Waals surface area (Å²) in [5.41, 5.74) is 0. The summed E-state index contributed by atoms with van der Waals surface area (Å²) >= 11 is 0. The Balaban J connectivity index is 2.01. The third kappa shape index (κ3) is 1.34. The van der Waals surface area contributed by atoms with Gasteiger partial charge in [0.15, 0.2) is 0 Å². The molecule has 0 heterocycles. The van der Waals surface area contributed by atoms with E-state index in [1.807, 2.05) is 0 Å². The molecule has 80 valence electrons. The Hall–Kier alpha value is -0.260. The van der Waals surface area contributed by atoms with E-state index in [2.05, 4.69) is 33.4 Å². The molecule has 0 saturated heterocycles. The Morgan fingerprint density at radius 3 is 2.50 bits per heavy atom. The number of rotatable bonds is 3. The van der Waals surface area contributed by atoms with Crippen LogP contribution in [0.4, 0.5) is 0 Å². The zero-order chi connectivity index (χ0) is 10.3. The van der Waals surface area contributed by atoms with Crippen LogP contribution in [0, 0.1) is 35.5 Å². The van der Waals surface area contributed by atoms with Crippen LogP contribution in [0.2, 0.25) is 0 Å². The fourth-order valence-electron chi connectivity index (χ4n) is 4.11. The highest BCUT2D eigenvalue weighted by Gasteiger charge is 2.51. The van der Waals surface area contributed by atoms with Crippen LogP contribution in [0.15, 0.2) is 12.7 Å². The number of allylic oxidation sites excluding steroid dienone is 1. The summed E-state index contributed by atoms with van der Waals surface area (Å²) in [5, 5.41) is 0. The summed E-state index contributed by atoms with van der Waals surface area (Å²) in [6, 6.07) is 0. The van der Waals surface area contributed by atoms with E-state index in [1.165, 1.54) is 19.3 Å². The molecule has 6 atom stereocenters. The van der Waals surface area contributed by atoms with E-state index in [9.17, 15) is 0 Å². The van der Waals surface area contributed by atoms with Gasteiger partial charge in [0.05, 0.1) is 0 Å². The van der Waals surface area contributed by atoms with Crippen molar-refractivity contribution in [1.29, 1.82) is 0 Å². The predicted octanol–water partition coefficient (Wildman–Crippen LogP) is 4.13. The van der Waals surface area contributed by atoms with Crippen LogP contribution in [0.1, 0.15) is 40.0 Å². The molecule has 2 fully saturated rings. The summed E-state index contributed by atoms with van der Waals surface area (Å²) < 4.78 is 0. The van der Waals surface area contributed by atoms with Gasteiger partial charge in [-0.15, -0.1) is 6.58 Å². The van der Waals surface area contributed by atoms with E-state index in [-0.39, 0.29) is 0 Å². The Kier molecular flexibility index (Phi) is 2.72. The topological polar surface area (TPSA) is 0 Å². The highest BCUT2D eigenvalue weighted by Crippen LogP contribution is 2.58. The van der Waals surface area contributed by atoms with Gasteiger partial charge in [0.1, 0.15) is 0 Å². The van der Waals surface area contributed by atoms with E-state index < -0.39 is 0 Å². The summed E-state index contributed by atoms with van der Waals surface area (Å²) in [6.45, 7) is 11.2. The van der Waals surface area contributed by atoms with Crippen LogP contribution in [-0.4, -0.2) is 0 Å². The summed E-state index contributed by atoms with van der Waals surface area (Å²) in [6.07, 6.45) is 6.65. The van der Waals surface area contributed by atoms with Crippen molar-refractivity contribution < 1.29 is 0 Å². The van der Waals surface area contributed by atoms with Crippen molar-refractivity contribution in [2.75, 3.05) is 0 Å². The molecule has 0 heteroatoms.